The van der Waals surface area contributed by atoms with Gasteiger partial charge < -0.3 is 33.2 Å². The van der Waals surface area contributed by atoms with Gasteiger partial charge in [0.25, 0.3) is 0 Å². The molecule has 7 heteroatoms. The normalized spacial score (nSPS) is 13.4. The zero-order valence-corrected chi connectivity index (χ0v) is 37.5. The van der Waals surface area contributed by atoms with Gasteiger partial charge in [-0.05, 0) is 102 Å². The van der Waals surface area contributed by atoms with Crippen molar-refractivity contribution in [3.05, 3.63) is 24.3 Å². The molecule has 0 aliphatic rings. The number of rotatable bonds is 46. The average Bonchev–Trinajstić information content (AvgIpc) is 3.20. The lowest BCUT2D eigenvalue weighted by Gasteiger charge is -2.22. The second-order valence-electron chi connectivity index (χ2n) is 15.3. The van der Waals surface area contributed by atoms with Gasteiger partial charge in [0.15, 0.2) is 25.2 Å². The molecule has 0 rings (SSSR count). The predicted molar refractivity (Wildman–Crippen MR) is 234 cm³/mol. The summed E-state index contributed by atoms with van der Waals surface area (Å²) in [5.41, 5.74) is 0. The van der Waals surface area contributed by atoms with E-state index in [1.54, 1.807) is 0 Å². The molecule has 0 heterocycles. The highest BCUT2D eigenvalue weighted by molar-refractivity contribution is 4.90. The molecule has 2 unspecified atom stereocenters. The van der Waals surface area contributed by atoms with Gasteiger partial charge in [-0.3, -0.25) is 0 Å². The molecule has 0 bridgehead atoms. The smallest absolute Gasteiger partial charge is 0.180 e. The maximum absolute atomic E-state index is 6.56. The first kappa shape index (κ1) is 54.2. The summed E-state index contributed by atoms with van der Waals surface area (Å²) in [5.74, 6) is 0. The van der Waals surface area contributed by atoms with E-state index >= 15 is 0 Å². The van der Waals surface area contributed by atoms with E-state index < -0.39 is 12.6 Å². The Morgan fingerprint density at radius 1 is 0.309 bits per heavy atom. The molecule has 0 saturated carbocycles. The molecule has 7 nitrogen and oxygen atoms in total. The summed E-state index contributed by atoms with van der Waals surface area (Å²) >= 11 is 0. The summed E-state index contributed by atoms with van der Waals surface area (Å²) in [6, 6.07) is 0. The first-order valence-corrected chi connectivity index (χ1v) is 23.8. The minimum absolute atomic E-state index is 0.0918. The van der Waals surface area contributed by atoms with Crippen molar-refractivity contribution in [3.63, 3.8) is 0 Å². The lowest BCUT2D eigenvalue weighted by atomic mass is 10.1. The lowest BCUT2D eigenvalue weighted by Crippen LogP contribution is -2.25. The van der Waals surface area contributed by atoms with Gasteiger partial charge in [-0.2, -0.15) is 0 Å². The molecule has 55 heavy (non-hydrogen) atoms. The SMILES string of the molecule is CCCCCCCCCCOC(C=CCCCCC(OCCC)OCCC)OC(C=CCCCCC(OCCC)OCCC)OCCCCCCCCCC. The maximum atomic E-state index is 6.56. The number of hydrogen-bond donors (Lipinski definition) is 0. The van der Waals surface area contributed by atoms with Crippen molar-refractivity contribution in [3.8, 4) is 0 Å². The van der Waals surface area contributed by atoms with Crippen LogP contribution in [0.3, 0.4) is 0 Å². The minimum atomic E-state index is -0.432. The zero-order chi connectivity index (χ0) is 40.1. The highest BCUT2D eigenvalue weighted by Gasteiger charge is 2.14. The number of ether oxygens (including phenoxy) is 7. The molecule has 0 aromatic rings. The van der Waals surface area contributed by atoms with Crippen LogP contribution in [0.1, 0.15) is 221 Å². The third kappa shape index (κ3) is 39.8. The van der Waals surface area contributed by atoms with E-state index in [0.717, 1.165) is 116 Å². The van der Waals surface area contributed by atoms with E-state index in [1.807, 2.05) is 0 Å². The third-order valence-corrected chi connectivity index (χ3v) is 9.57. The molecule has 0 N–H and O–H groups in total. The average molecular weight is 783 g/mol. The van der Waals surface area contributed by atoms with Gasteiger partial charge in [0.1, 0.15) is 0 Å². The fourth-order valence-corrected chi connectivity index (χ4v) is 6.27. The van der Waals surface area contributed by atoms with Crippen molar-refractivity contribution in [2.75, 3.05) is 39.6 Å². The van der Waals surface area contributed by atoms with Gasteiger partial charge in [0, 0.05) is 26.4 Å². The van der Waals surface area contributed by atoms with Gasteiger partial charge in [0.05, 0.1) is 13.2 Å². The highest BCUT2D eigenvalue weighted by atomic mass is 16.8. The van der Waals surface area contributed by atoms with Crippen LogP contribution >= 0.6 is 0 Å². The summed E-state index contributed by atoms with van der Waals surface area (Å²) in [5, 5.41) is 0. The molecule has 0 radical (unpaired) electrons. The van der Waals surface area contributed by atoms with E-state index in [2.05, 4.69) is 65.8 Å². The molecule has 0 fully saturated rings. The van der Waals surface area contributed by atoms with Crippen LogP contribution in [0.2, 0.25) is 0 Å². The van der Waals surface area contributed by atoms with E-state index in [4.69, 9.17) is 33.2 Å². The topological polar surface area (TPSA) is 64.6 Å². The number of unbranched alkanes of at least 4 members (excludes halogenated alkanes) is 18. The summed E-state index contributed by atoms with van der Waals surface area (Å²) in [7, 11) is 0. The first-order chi connectivity index (χ1) is 27.1. The van der Waals surface area contributed by atoms with Gasteiger partial charge in [-0.15, -0.1) is 0 Å². The highest BCUT2D eigenvalue weighted by Crippen LogP contribution is 2.16. The van der Waals surface area contributed by atoms with E-state index in [1.165, 1.54) is 89.9 Å². The van der Waals surface area contributed by atoms with Gasteiger partial charge in [-0.1, -0.05) is 144 Å². The quantitative estimate of drug-likeness (QED) is 0.0346. The van der Waals surface area contributed by atoms with Crippen molar-refractivity contribution < 1.29 is 33.2 Å². The molecule has 0 amide bonds. The Balaban J connectivity index is 5.29. The van der Waals surface area contributed by atoms with Crippen LogP contribution in [0.4, 0.5) is 0 Å². The lowest BCUT2D eigenvalue weighted by molar-refractivity contribution is -0.208. The Morgan fingerprint density at radius 2 is 0.636 bits per heavy atom. The molecular formula is C48H94O7. The van der Waals surface area contributed by atoms with Crippen LogP contribution < -0.4 is 0 Å². The standard InChI is InChI=1S/C48H94O7/c1-7-13-15-17-19-21-27-33-43-53-47(37-31-25-23-29-35-45(49-39-9-3)50-40-10-4)55-48(54-44-34-28-22-20-18-16-14-8-2)38-32-26-24-30-36-46(51-41-11-5)52-42-12-6/h31-32,37-38,45-48H,7-30,33-36,39-44H2,1-6H3. The molecule has 0 saturated heterocycles. The zero-order valence-electron chi connectivity index (χ0n) is 37.5. The van der Waals surface area contributed by atoms with Crippen LogP contribution in [-0.4, -0.2) is 64.8 Å². The fourth-order valence-electron chi connectivity index (χ4n) is 6.27. The second kappa shape index (κ2) is 45.9. The maximum Gasteiger partial charge on any atom is 0.180 e. The van der Waals surface area contributed by atoms with Crippen molar-refractivity contribution >= 4 is 0 Å². The Labute approximate surface area is 342 Å². The van der Waals surface area contributed by atoms with Crippen LogP contribution in [0, 0.1) is 0 Å². The first-order valence-electron chi connectivity index (χ1n) is 23.8. The van der Waals surface area contributed by atoms with Crippen molar-refractivity contribution in [2.24, 2.45) is 0 Å². The molecule has 0 spiro atoms. The van der Waals surface area contributed by atoms with Crippen LogP contribution in [-0.2, 0) is 33.2 Å². The van der Waals surface area contributed by atoms with E-state index in [0.29, 0.717) is 13.2 Å². The largest absolute Gasteiger partial charge is 0.353 e. The second-order valence-corrected chi connectivity index (χ2v) is 15.3. The predicted octanol–water partition coefficient (Wildman–Crippen LogP) is 14.6. The number of allylic oxidation sites excluding steroid dienone is 2. The Hall–Kier alpha value is -0.800. The summed E-state index contributed by atoms with van der Waals surface area (Å²) < 4.78 is 43.1. The van der Waals surface area contributed by atoms with Crippen LogP contribution in [0.25, 0.3) is 0 Å². The molecule has 0 aliphatic carbocycles. The fraction of sp³-hybridized carbons (Fsp3) is 0.917. The molecule has 0 aliphatic heterocycles. The summed E-state index contributed by atoms with van der Waals surface area (Å²) in [4.78, 5) is 0. The van der Waals surface area contributed by atoms with Crippen LogP contribution in [0.5, 0.6) is 0 Å². The summed E-state index contributed by atoms with van der Waals surface area (Å²) in [6.45, 7) is 17.5. The molecule has 328 valence electrons. The van der Waals surface area contributed by atoms with E-state index in [9.17, 15) is 0 Å². The van der Waals surface area contributed by atoms with Gasteiger partial charge >= 0.3 is 0 Å². The van der Waals surface area contributed by atoms with Crippen molar-refractivity contribution in [2.45, 2.75) is 246 Å². The van der Waals surface area contributed by atoms with Crippen LogP contribution in [0.15, 0.2) is 24.3 Å². The van der Waals surface area contributed by atoms with Crippen molar-refractivity contribution in [1.82, 2.24) is 0 Å². The van der Waals surface area contributed by atoms with Crippen molar-refractivity contribution in [1.29, 1.82) is 0 Å². The summed E-state index contributed by atoms with van der Waals surface area (Å²) in [6.07, 6.45) is 40.2. The number of hydrogen-bond acceptors (Lipinski definition) is 7. The third-order valence-electron chi connectivity index (χ3n) is 9.57. The Kier molecular flexibility index (Phi) is 45.2. The Bertz CT molecular complexity index is 697. The molecular weight excluding hydrogens is 689 g/mol. The van der Waals surface area contributed by atoms with Gasteiger partial charge in [0.2, 0.25) is 0 Å². The molecule has 0 aromatic heterocycles. The molecule has 2 atom stereocenters. The van der Waals surface area contributed by atoms with Gasteiger partial charge in [-0.25, -0.2) is 0 Å². The molecule has 0 aromatic carbocycles. The minimum Gasteiger partial charge on any atom is -0.353 e. The van der Waals surface area contributed by atoms with E-state index in [-0.39, 0.29) is 12.6 Å². The monoisotopic (exact) mass is 783 g/mol. The Morgan fingerprint density at radius 3 is 0.964 bits per heavy atom.